The largest absolute Gasteiger partial charge is 0.333 e. The minimum atomic E-state index is -0.122. The van der Waals surface area contributed by atoms with Crippen molar-refractivity contribution in [2.24, 2.45) is 0 Å². The minimum absolute atomic E-state index is 0.0694. The Kier molecular flexibility index (Phi) is 6.10. The molecule has 3 heterocycles. The first-order valence-electron chi connectivity index (χ1n) is 11.9. The third-order valence-electron chi connectivity index (χ3n) is 7.04. The number of thiophene rings is 1. The van der Waals surface area contributed by atoms with E-state index in [0.717, 1.165) is 41.6 Å². The lowest BCUT2D eigenvalue weighted by atomic mass is 10.1. The number of benzene rings is 1. The van der Waals surface area contributed by atoms with Crippen LogP contribution in [0.2, 0.25) is 0 Å². The van der Waals surface area contributed by atoms with E-state index in [9.17, 15) is 9.59 Å². The summed E-state index contributed by atoms with van der Waals surface area (Å²) in [7, 11) is 0. The van der Waals surface area contributed by atoms with Crippen LogP contribution in [0, 0.1) is 0 Å². The van der Waals surface area contributed by atoms with Crippen LogP contribution in [0.25, 0.3) is 10.2 Å². The summed E-state index contributed by atoms with van der Waals surface area (Å²) in [5.74, 6) is 0. The molecule has 1 saturated heterocycles. The molecular formula is C25H32N3O2S+. The molecule has 1 aromatic carbocycles. The van der Waals surface area contributed by atoms with E-state index in [2.05, 4.69) is 12.1 Å². The van der Waals surface area contributed by atoms with Gasteiger partial charge in [0.2, 0.25) is 0 Å². The molecule has 0 saturated carbocycles. The molecule has 0 unspecified atom stereocenters. The highest BCUT2D eigenvalue weighted by atomic mass is 32.1. The zero-order valence-corrected chi connectivity index (χ0v) is 19.0. The van der Waals surface area contributed by atoms with Crippen LogP contribution in [0.1, 0.15) is 48.1 Å². The van der Waals surface area contributed by atoms with Gasteiger partial charge in [0.1, 0.15) is 4.83 Å². The Hall–Kier alpha value is -2.18. The van der Waals surface area contributed by atoms with Gasteiger partial charge in [-0.3, -0.25) is 13.9 Å². The molecule has 0 atom stereocenters. The first-order chi connectivity index (χ1) is 15.2. The number of fused-ring (bicyclic) bond motifs is 3. The Morgan fingerprint density at radius 3 is 2.45 bits per heavy atom. The standard InChI is InChI=1S/C25H31N3O2S/c29-23-22-20-11-5-2-6-12-21(20)31-24(22)28(18-17-26-14-7-8-15-26)25(30)27(23)16-13-19-9-3-1-4-10-19/h1,3-4,9-10H,2,5-8,11-18H2/p+1. The first kappa shape index (κ1) is 20.7. The maximum atomic E-state index is 13.6. The summed E-state index contributed by atoms with van der Waals surface area (Å²) in [5, 5.41) is 0.839. The Labute approximate surface area is 186 Å². The number of aromatic nitrogens is 2. The lowest BCUT2D eigenvalue weighted by Gasteiger charge is -2.16. The van der Waals surface area contributed by atoms with Gasteiger partial charge in [-0.05, 0) is 43.2 Å². The molecule has 0 amide bonds. The van der Waals surface area contributed by atoms with Gasteiger partial charge in [-0.25, -0.2) is 4.79 Å². The Balaban J connectivity index is 1.58. The van der Waals surface area contributed by atoms with Crippen LogP contribution >= 0.6 is 11.3 Å². The average Bonchev–Trinajstić information content (AvgIpc) is 3.37. The molecule has 5 nitrogen and oxygen atoms in total. The maximum absolute atomic E-state index is 13.6. The van der Waals surface area contributed by atoms with E-state index in [4.69, 9.17) is 0 Å². The summed E-state index contributed by atoms with van der Waals surface area (Å²) >= 11 is 1.71. The van der Waals surface area contributed by atoms with Gasteiger partial charge in [0.05, 0.1) is 31.6 Å². The van der Waals surface area contributed by atoms with Crippen LogP contribution in [-0.2, 0) is 32.4 Å². The fraction of sp³-hybridized carbons (Fsp3) is 0.520. The third-order valence-corrected chi connectivity index (χ3v) is 8.35. The van der Waals surface area contributed by atoms with Crippen LogP contribution < -0.4 is 16.1 Å². The lowest BCUT2D eigenvalue weighted by molar-refractivity contribution is -0.888. The van der Waals surface area contributed by atoms with Crippen molar-refractivity contribution < 1.29 is 4.90 Å². The topological polar surface area (TPSA) is 48.4 Å². The summed E-state index contributed by atoms with van der Waals surface area (Å²) in [6, 6.07) is 10.1. The van der Waals surface area contributed by atoms with E-state index in [-0.39, 0.29) is 11.2 Å². The molecule has 1 fully saturated rings. The van der Waals surface area contributed by atoms with Gasteiger partial charge >= 0.3 is 5.69 Å². The lowest BCUT2D eigenvalue weighted by Crippen LogP contribution is -3.10. The number of nitrogens with one attached hydrogen (secondary N) is 1. The van der Waals surface area contributed by atoms with Gasteiger partial charge in [-0.15, -0.1) is 11.3 Å². The summed E-state index contributed by atoms with van der Waals surface area (Å²) < 4.78 is 3.46. The van der Waals surface area contributed by atoms with Gasteiger partial charge in [-0.2, -0.15) is 0 Å². The number of nitrogens with zero attached hydrogens (tertiary/aromatic N) is 2. The average molecular weight is 439 g/mol. The fourth-order valence-corrected chi connectivity index (χ4v) is 6.67. The summed E-state index contributed by atoms with van der Waals surface area (Å²) in [6.45, 7) is 4.52. The summed E-state index contributed by atoms with van der Waals surface area (Å²) in [4.78, 5) is 31.0. The van der Waals surface area contributed by atoms with Crippen molar-refractivity contribution in [2.75, 3.05) is 19.6 Å². The molecular weight excluding hydrogens is 406 g/mol. The van der Waals surface area contributed by atoms with E-state index in [1.54, 1.807) is 16.2 Å². The molecule has 1 aliphatic heterocycles. The molecule has 1 N–H and O–H groups in total. The maximum Gasteiger partial charge on any atom is 0.332 e. The predicted molar refractivity (Wildman–Crippen MR) is 127 cm³/mol. The van der Waals surface area contributed by atoms with Crippen LogP contribution in [0.3, 0.4) is 0 Å². The highest BCUT2D eigenvalue weighted by molar-refractivity contribution is 7.18. The van der Waals surface area contributed by atoms with E-state index in [1.165, 1.54) is 53.8 Å². The van der Waals surface area contributed by atoms with Crippen molar-refractivity contribution in [3.05, 3.63) is 67.2 Å². The second-order valence-corrected chi connectivity index (χ2v) is 10.2. The highest BCUT2D eigenvalue weighted by Crippen LogP contribution is 2.33. The van der Waals surface area contributed by atoms with Gasteiger partial charge in [0, 0.05) is 24.3 Å². The smallest absolute Gasteiger partial charge is 0.332 e. The molecule has 31 heavy (non-hydrogen) atoms. The number of quaternary nitrogens is 1. The first-order valence-corrected chi connectivity index (χ1v) is 12.7. The van der Waals surface area contributed by atoms with E-state index < -0.39 is 0 Å². The monoisotopic (exact) mass is 438 g/mol. The van der Waals surface area contributed by atoms with Crippen molar-refractivity contribution in [1.29, 1.82) is 0 Å². The quantitative estimate of drug-likeness (QED) is 0.601. The van der Waals surface area contributed by atoms with Crippen molar-refractivity contribution in [3.63, 3.8) is 0 Å². The van der Waals surface area contributed by atoms with Gasteiger partial charge < -0.3 is 4.90 Å². The van der Waals surface area contributed by atoms with Crippen molar-refractivity contribution in [2.45, 2.75) is 64.5 Å². The van der Waals surface area contributed by atoms with Crippen LogP contribution in [-0.4, -0.2) is 28.8 Å². The van der Waals surface area contributed by atoms with Crippen molar-refractivity contribution >= 4 is 21.6 Å². The van der Waals surface area contributed by atoms with Crippen molar-refractivity contribution in [1.82, 2.24) is 9.13 Å². The third kappa shape index (κ3) is 4.15. The SMILES string of the molecule is O=c1c2c3c(sc2n(CC[NH+]2CCCC2)c(=O)n1CCc1ccccc1)CCCCC3. The molecule has 1 aliphatic carbocycles. The molecule has 6 heteroatoms. The number of likely N-dealkylation sites (tertiary alicyclic amines) is 1. The zero-order chi connectivity index (χ0) is 21.2. The highest BCUT2D eigenvalue weighted by Gasteiger charge is 2.24. The van der Waals surface area contributed by atoms with Gasteiger partial charge in [0.25, 0.3) is 5.56 Å². The Morgan fingerprint density at radius 1 is 0.871 bits per heavy atom. The van der Waals surface area contributed by atoms with Gasteiger partial charge in [0.15, 0.2) is 0 Å². The molecule has 3 aromatic rings. The second kappa shape index (κ2) is 9.13. The predicted octanol–water partition coefficient (Wildman–Crippen LogP) is 2.42. The molecule has 0 bridgehead atoms. The Bertz CT molecular complexity index is 1170. The fourth-order valence-electron chi connectivity index (χ4n) is 5.27. The molecule has 0 radical (unpaired) electrons. The molecule has 2 aromatic heterocycles. The van der Waals surface area contributed by atoms with Crippen LogP contribution in [0.4, 0.5) is 0 Å². The molecule has 5 rings (SSSR count). The van der Waals surface area contributed by atoms with Crippen molar-refractivity contribution in [3.8, 4) is 0 Å². The minimum Gasteiger partial charge on any atom is -0.333 e. The number of rotatable bonds is 6. The van der Waals surface area contributed by atoms with Crippen LogP contribution in [0.15, 0.2) is 39.9 Å². The molecule has 164 valence electrons. The second-order valence-electron chi connectivity index (χ2n) is 9.08. The van der Waals surface area contributed by atoms with Crippen LogP contribution in [0.5, 0.6) is 0 Å². The van der Waals surface area contributed by atoms with E-state index >= 15 is 0 Å². The zero-order valence-electron chi connectivity index (χ0n) is 18.2. The normalized spacial score (nSPS) is 17.2. The van der Waals surface area contributed by atoms with E-state index in [0.29, 0.717) is 19.5 Å². The molecule has 0 spiro atoms. The van der Waals surface area contributed by atoms with E-state index in [1.807, 2.05) is 22.8 Å². The molecule has 2 aliphatic rings. The number of aryl methyl sites for hydroxylation is 3. The number of hydrogen-bond donors (Lipinski definition) is 1. The summed E-state index contributed by atoms with van der Waals surface area (Å²) in [6.07, 6.45) is 8.83. The summed E-state index contributed by atoms with van der Waals surface area (Å²) in [5.41, 5.74) is 2.20. The Morgan fingerprint density at radius 2 is 1.65 bits per heavy atom. The number of hydrogen-bond acceptors (Lipinski definition) is 3. The van der Waals surface area contributed by atoms with Gasteiger partial charge in [-0.1, -0.05) is 36.8 Å².